The van der Waals surface area contributed by atoms with Crippen LogP contribution >= 0.6 is 0 Å². The van der Waals surface area contributed by atoms with Gasteiger partial charge in [-0.3, -0.25) is 14.1 Å². The van der Waals surface area contributed by atoms with E-state index in [0.29, 0.717) is 30.9 Å². The molecule has 0 spiro atoms. The number of hydrogen-bond acceptors (Lipinski definition) is 4. The lowest BCUT2D eigenvalue weighted by Gasteiger charge is -2.24. The lowest BCUT2D eigenvalue weighted by Crippen LogP contribution is -2.48. The minimum absolute atomic E-state index is 0.250. The van der Waals surface area contributed by atoms with E-state index in [9.17, 15) is 13.4 Å². The van der Waals surface area contributed by atoms with Crippen molar-refractivity contribution in [1.82, 2.24) is 15.5 Å². The zero-order valence-electron chi connectivity index (χ0n) is 14.7. The smallest absolute Gasteiger partial charge is 0.244 e. The molecule has 1 aliphatic rings. The largest absolute Gasteiger partial charge is 0.325 e. The van der Waals surface area contributed by atoms with Crippen molar-refractivity contribution >= 4 is 33.3 Å². The van der Waals surface area contributed by atoms with Crippen molar-refractivity contribution in [3.05, 3.63) is 48.3 Å². The third-order valence-electron chi connectivity index (χ3n) is 5.02. The van der Waals surface area contributed by atoms with Gasteiger partial charge in [0.15, 0.2) is 0 Å². The summed E-state index contributed by atoms with van der Waals surface area (Å²) in [5, 5.41) is 14.1. The number of hydrogen-bond donors (Lipinski definition) is 3. The molecule has 0 radical (unpaired) electrons. The molecule has 2 heterocycles. The average Bonchev–Trinajstić information content (AvgIpc) is 3.30. The van der Waals surface area contributed by atoms with Crippen LogP contribution in [0.5, 0.6) is 0 Å². The van der Waals surface area contributed by atoms with E-state index in [0.717, 1.165) is 16.5 Å². The van der Waals surface area contributed by atoms with Gasteiger partial charge in [-0.1, -0.05) is 0 Å². The molecule has 6 nitrogen and oxygen atoms in total. The highest BCUT2D eigenvalue weighted by Crippen LogP contribution is 2.30. The van der Waals surface area contributed by atoms with Crippen LogP contribution in [-0.2, 0) is 15.6 Å². The number of carbonyl (C=O) groups excluding carboxylic acids is 1. The summed E-state index contributed by atoms with van der Waals surface area (Å²) in [6, 6.07) is 11.5. The maximum Gasteiger partial charge on any atom is 0.244 e. The van der Waals surface area contributed by atoms with Crippen molar-refractivity contribution in [2.75, 3.05) is 24.7 Å². The number of halogens is 1. The number of H-pyrrole nitrogens is 1. The van der Waals surface area contributed by atoms with Gasteiger partial charge in [0.25, 0.3) is 0 Å². The van der Waals surface area contributed by atoms with E-state index >= 15 is 0 Å². The third kappa shape index (κ3) is 3.15. The molecule has 2 atom stereocenters. The lowest BCUT2D eigenvalue weighted by molar-refractivity contribution is -0.118. The summed E-state index contributed by atoms with van der Waals surface area (Å²) in [4.78, 5) is 12.8. The Labute approximate surface area is 158 Å². The maximum atomic E-state index is 13.2. The molecular weight excluding hydrogens is 367 g/mol. The Balaban J connectivity index is 1.67. The number of rotatable bonds is 4. The van der Waals surface area contributed by atoms with E-state index in [1.54, 1.807) is 24.5 Å². The Bertz CT molecular complexity index is 1030. The van der Waals surface area contributed by atoms with Gasteiger partial charge < -0.3 is 10.6 Å². The fraction of sp³-hybridized carbons (Fsp3) is 0.263. The van der Waals surface area contributed by atoms with Crippen molar-refractivity contribution < 1.29 is 13.4 Å². The fourth-order valence-corrected chi connectivity index (χ4v) is 4.41. The van der Waals surface area contributed by atoms with Gasteiger partial charge in [0.05, 0.1) is 11.2 Å². The van der Waals surface area contributed by atoms with Crippen LogP contribution in [0, 0.1) is 5.82 Å². The van der Waals surface area contributed by atoms with Crippen LogP contribution in [0.25, 0.3) is 22.2 Å². The van der Waals surface area contributed by atoms with Gasteiger partial charge >= 0.3 is 0 Å². The summed E-state index contributed by atoms with van der Waals surface area (Å²) < 4.78 is 24.5. The van der Waals surface area contributed by atoms with Gasteiger partial charge in [0.1, 0.15) is 10.6 Å². The second-order valence-electron chi connectivity index (χ2n) is 6.67. The van der Waals surface area contributed by atoms with E-state index in [2.05, 4.69) is 20.8 Å². The molecule has 8 heteroatoms. The summed E-state index contributed by atoms with van der Waals surface area (Å²) in [7, 11) is -1.29. The molecule has 27 heavy (non-hydrogen) atoms. The quantitative estimate of drug-likeness (QED) is 0.643. The van der Waals surface area contributed by atoms with Crippen LogP contribution < -0.4 is 10.6 Å². The monoisotopic (exact) mass is 386 g/mol. The van der Waals surface area contributed by atoms with Crippen molar-refractivity contribution in [1.29, 1.82) is 0 Å². The van der Waals surface area contributed by atoms with Crippen molar-refractivity contribution in [2.24, 2.45) is 0 Å². The zero-order valence-corrected chi connectivity index (χ0v) is 15.5. The standard InChI is InChI=1S/C19H19FN4O2S/c1-27(26)19(8-9-21-11-19)18(25)22-14-6-7-16-15(10-14)17(24-23-16)12-2-4-13(20)5-3-12/h2-7,10,21H,8-9,11H2,1H3,(H,22,25)(H,23,24)/t19-,27?/m0/s1. The highest BCUT2D eigenvalue weighted by Gasteiger charge is 2.45. The van der Waals surface area contributed by atoms with Gasteiger partial charge in [-0.2, -0.15) is 5.10 Å². The zero-order chi connectivity index (χ0) is 19.0. The molecule has 2 aromatic carbocycles. The van der Waals surface area contributed by atoms with Crippen LogP contribution in [0.2, 0.25) is 0 Å². The first-order chi connectivity index (χ1) is 13.0. The molecule has 3 aromatic rings. The van der Waals surface area contributed by atoms with Crippen molar-refractivity contribution in [3.8, 4) is 11.3 Å². The molecule has 4 rings (SSSR count). The van der Waals surface area contributed by atoms with Gasteiger partial charge in [-0.25, -0.2) is 4.39 Å². The number of benzene rings is 2. The summed E-state index contributed by atoms with van der Waals surface area (Å²) in [5.41, 5.74) is 2.87. The highest BCUT2D eigenvalue weighted by atomic mass is 32.2. The number of carbonyl (C=O) groups is 1. The maximum absolute atomic E-state index is 13.2. The molecule has 0 saturated carbocycles. The Morgan fingerprint density at radius 1 is 1.26 bits per heavy atom. The molecule has 3 N–H and O–H groups in total. The van der Waals surface area contributed by atoms with E-state index in [-0.39, 0.29) is 11.7 Å². The number of nitrogens with one attached hydrogen (secondary N) is 3. The number of aromatic amines is 1. The first-order valence-electron chi connectivity index (χ1n) is 8.59. The van der Waals surface area contributed by atoms with Crippen LogP contribution in [0.1, 0.15) is 6.42 Å². The third-order valence-corrected chi connectivity index (χ3v) is 6.65. The number of fused-ring (bicyclic) bond motifs is 1. The summed E-state index contributed by atoms with van der Waals surface area (Å²) in [5.74, 6) is -0.561. The SMILES string of the molecule is CS(=O)[C@@]1(C(=O)Nc2ccc3[nH]nc(-c4ccc(F)cc4)c3c2)CCNC1. The Kier molecular flexibility index (Phi) is 4.53. The minimum Gasteiger partial charge on any atom is -0.325 e. The first-order valence-corrected chi connectivity index (χ1v) is 10.2. The topological polar surface area (TPSA) is 86.9 Å². The molecule has 140 valence electrons. The fourth-order valence-electron chi connectivity index (χ4n) is 3.40. The first kappa shape index (κ1) is 17.8. The molecule has 1 aromatic heterocycles. The van der Waals surface area contributed by atoms with Gasteiger partial charge in [0.2, 0.25) is 5.91 Å². The average molecular weight is 386 g/mol. The molecule has 1 saturated heterocycles. The summed E-state index contributed by atoms with van der Waals surface area (Å²) >= 11 is 0. The van der Waals surface area contributed by atoms with Crippen LogP contribution in [0.15, 0.2) is 42.5 Å². The molecule has 1 amide bonds. The predicted octanol–water partition coefficient (Wildman–Crippen LogP) is 2.42. The highest BCUT2D eigenvalue weighted by molar-refractivity contribution is 7.86. The number of anilines is 1. The predicted molar refractivity (Wildman–Crippen MR) is 104 cm³/mol. The van der Waals surface area contributed by atoms with Crippen LogP contribution in [-0.4, -0.2) is 44.4 Å². The van der Waals surface area contributed by atoms with Crippen LogP contribution in [0.4, 0.5) is 10.1 Å². The van der Waals surface area contributed by atoms with E-state index in [1.807, 2.05) is 12.1 Å². The summed E-state index contributed by atoms with van der Waals surface area (Å²) in [6.45, 7) is 1.07. The molecule has 0 bridgehead atoms. The van der Waals surface area contributed by atoms with E-state index < -0.39 is 15.5 Å². The second kappa shape index (κ2) is 6.86. The van der Waals surface area contributed by atoms with Gasteiger partial charge in [-0.05, 0) is 55.4 Å². The molecule has 1 aliphatic heterocycles. The van der Waals surface area contributed by atoms with E-state index in [1.165, 1.54) is 12.1 Å². The van der Waals surface area contributed by atoms with E-state index in [4.69, 9.17) is 0 Å². The van der Waals surface area contributed by atoms with Crippen LogP contribution in [0.3, 0.4) is 0 Å². The minimum atomic E-state index is -1.29. The van der Waals surface area contributed by atoms with Gasteiger partial charge in [-0.15, -0.1) is 0 Å². The number of nitrogens with zero attached hydrogens (tertiary/aromatic N) is 1. The molecule has 1 fully saturated rings. The molecule has 0 aliphatic carbocycles. The Morgan fingerprint density at radius 2 is 2.04 bits per heavy atom. The summed E-state index contributed by atoms with van der Waals surface area (Å²) in [6.07, 6.45) is 2.11. The number of amides is 1. The second-order valence-corrected chi connectivity index (χ2v) is 8.36. The lowest BCUT2D eigenvalue weighted by atomic mass is 10.1. The number of aromatic nitrogens is 2. The molecular formula is C19H19FN4O2S. The van der Waals surface area contributed by atoms with Crippen molar-refractivity contribution in [2.45, 2.75) is 11.2 Å². The van der Waals surface area contributed by atoms with Gasteiger partial charge in [0, 0.05) is 40.2 Å². The normalized spacial score (nSPS) is 20.7. The Morgan fingerprint density at radius 3 is 2.70 bits per heavy atom. The molecule has 1 unspecified atom stereocenters. The Hall–Kier alpha value is -2.58. The van der Waals surface area contributed by atoms with Crippen molar-refractivity contribution in [3.63, 3.8) is 0 Å².